The van der Waals surface area contributed by atoms with Crippen LogP contribution in [0.1, 0.15) is 22.3 Å². The fourth-order valence-corrected chi connectivity index (χ4v) is 2.00. The van der Waals surface area contributed by atoms with Crippen LogP contribution in [0.3, 0.4) is 0 Å². The third-order valence-corrected chi connectivity index (χ3v) is 2.84. The van der Waals surface area contributed by atoms with Crippen molar-refractivity contribution < 1.29 is 14.3 Å². The first-order chi connectivity index (χ1) is 7.65. The molecule has 1 heterocycles. The molecule has 16 heavy (non-hydrogen) atoms. The molecule has 0 radical (unpaired) electrons. The highest BCUT2D eigenvalue weighted by Gasteiger charge is 2.26. The predicted octanol–water partition coefficient (Wildman–Crippen LogP) is 1.38. The molecule has 0 aromatic heterocycles. The summed E-state index contributed by atoms with van der Waals surface area (Å²) in [6.07, 6.45) is 1.18. The highest BCUT2D eigenvalue weighted by Crippen LogP contribution is 2.30. The summed E-state index contributed by atoms with van der Waals surface area (Å²) in [5.74, 6) is -0.373. The molecule has 1 aromatic carbocycles. The van der Waals surface area contributed by atoms with Crippen molar-refractivity contribution in [1.82, 2.24) is 0 Å². The Morgan fingerprint density at radius 1 is 1.38 bits per heavy atom. The van der Waals surface area contributed by atoms with Gasteiger partial charge in [-0.25, -0.2) is 4.79 Å². The number of fused-ring (bicyclic) bond motifs is 1. The Balaban J connectivity index is 2.57. The number of nitrogens with zero attached hydrogens (tertiary/aromatic N) is 1. The van der Waals surface area contributed by atoms with E-state index in [9.17, 15) is 9.59 Å². The Labute approximate surface area is 93.8 Å². The molecule has 0 spiro atoms. The molecule has 1 amide bonds. The number of carbonyl (C=O) groups excluding carboxylic acids is 2. The molecule has 0 fully saturated rings. The Bertz CT molecular complexity index is 454. The summed E-state index contributed by atoms with van der Waals surface area (Å²) in [5, 5.41) is 0. The van der Waals surface area contributed by atoms with Gasteiger partial charge in [-0.05, 0) is 18.1 Å². The van der Waals surface area contributed by atoms with Gasteiger partial charge in [0.05, 0.1) is 18.4 Å². The molecule has 4 heteroatoms. The van der Waals surface area contributed by atoms with Crippen LogP contribution in [0.15, 0.2) is 18.2 Å². The fourth-order valence-electron chi connectivity index (χ4n) is 2.00. The van der Waals surface area contributed by atoms with Gasteiger partial charge in [0.1, 0.15) is 0 Å². The van der Waals surface area contributed by atoms with Crippen LogP contribution in [0.2, 0.25) is 0 Å². The molecule has 0 bridgehead atoms. The number of methoxy groups -OCH3 is 1. The molecular formula is C12H13NO3. The summed E-state index contributed by atoms with van der Waals surface area (Å²) in [5.41, 5.74) is 2.16. The second-order valence-corrected chi connectivity index (χ2v) is 3.76. The molecule has 4 nitrogen and oxygen atoms in total. The molecule has 84 valence electrons. The van der Waals surface area contributed by atoms with Crippen molar-refractivity contribution in [2.24, 2.45) is 0 Å². The van der Waals surface area contributed by atoms with Crippen LogP contribution in [0.5, 0.6) is 0 Å². The highest BCUT2D eigenvalue weighted by atomic mass is 16.5. The van der Waals surface area contributed by atoms with E-state index in [1.165, 1.54) is 12.0 Å². The Morgan fingerprint density at radius 2 is 2.12 bits per heavy atom. The number of benzene rings is 1. The first-order valence-corrected chi connectivity index (χ1v) is 5.12. The van der Waals surface area contributed by atoms with E-state index in [0.717, 1.165) is 5.56 Å². The van der Waals surface area contributed by atoms with E-state index in [1.54, 1.807) is 13.1 Å². The van der Waals surface area contributed by atoms with Crippen LogP contribution in [-0.4, -0.2) is 26.0 Å². The van der Waals surface area contributed by atoms with E-state index < -0.39 is 5.97 Å². The lowest BCUT2D eigenvalue weighted by Gasteiger charge is -2.27. The smallest absolute Gasteiger partial charge is 0.339 e. The molecular weight excluding hydrogens is 206 g/mol. The SMILES string of the molecule is COC(=O)c1cccc2c1N(C)C(=O)CC2. The third kappa shape index (κ3) is 1.56. The van der Waals surface area contributed by atoms with E-state index in [1.807, 2.05) is 12.1 Å². The first kappa shape index (κ1) is 10.7. The van der Waals surface area contributed by atoms with Crippen LogP contribution < -0.4 is 4.90 Å². The maximum Gasteiger partial charge on any atom is 0.339 e. The standard InChI is InChI=1S/C12H13NO3/c1-13-10(14)7-6-8-4-3-5-9(11(8)13)12(15)16-2/h3-5H,6-7H2,1-2H3. The summed E-state index contributed by atoms with van der Waals surface area (Å²) < 4.78 is 4.71. The van der Waals surface area contributed by atoms with Crippen molar-refractivity contribution in [2.75, 3.05) is 19.1 Å². The third-order valence-electron chi connectivity index (χ3n) is 2.84. The molecule has 1 aliphatic rings. The van der Waals surface area contributed by atoms with Crippen molar-refractivity contribution in [3.63, 3.8) is 0 Å². The van der Waals surface area contributed by atoms with Crippen LogP contribution >= 0.6 is 0 Å². The van der Waals surface area contributed by atoms with Gasteiger partial charge in [-0.3, -0.25) is 4.79 Å². The van der Waals surface area contributed by atoms with E-state index in [-0.39, 0.29) is 5.91 Å². The van der Waals surface area contributed by atoms with Crippen molar-refractivity contribution in [2.45, 2.75) is 12.8 Å². The monoisotopic (exact) mass is 219 g/mol. The summed E-state index contributed by atoms with van der Waals surface area (Å²) in [4.78, 5) is 24.7. The van der Waals surface area contributed by atoms with Gasteiger partial charge < -0.3 is 9.64 Å². The molecule has 1 aromatic rings. The van der Waals surface area contributed by atoms with Gasteiger partial charge in [0.15, 0.2) is 0 Å². The largest absolute Gasteiger partial charge is 0.465 e. The van der Waals surface area contributed by atoms with Gasteiger partial charge >= 0.3 is 5.97 Å². The minimum atomic E-state index is -0.404. The zero-order valence-electron chi connectivity index (χ0n) is 9.32. The van der Waals surface area contributed by atoms with Crippen molar-refractivity contribution >= 4 is 17.6 Å². The lowest BCUT2D eigenvalue weighted by atomic mass is 9.98. The van der Waals surface area contributed by atoms with Gasteiger partial charge in [-0.2, -0.15) is 0 Å². The zero-order valence-corrected chi connectivity index (χ0v) is 9.32. The van der Waals surface area contributed by atoms with Crippen molar-refractivity contribution in [3.8, 4) is 0 Å². The fraction of sp³-hybridized carbons (Fsp3) is 0.333. The lowest BCUT2D eigenvalue weighted by molar-refractivity contribution is -0.118. The number of rotatable bonds is 1. The highest BCUT2D eigenvalue weighted by molar-refractivity contribution is 6.04. The maximum atomic E-state index is 11.6. The number of ether oxygens (including phenoxy) is 1. The number of hydrogen-bond donors (Lipinski definition) is 0. The van der Waals surface area contributed by atoms with Crippen molar-refractivity contribution in [3.05, 3.63) is 29.3 Å². The van der Waals surface area contributed by atoms with Gasteiger partial charge in [0.25, 0.3) is 0 Å². The molecule has 0 saturated heterocycles. The second-order valence-electron chi connectivity index (χ2n) is 3.76. The number of amides is 1. The average molecular weight is 219 g/mol. The Morgan fingerprint density at radius 3 is 2.81 bits per heavy atom. The lowest BCUT2D eigenvalue weighted by Crippen LogP contribution is -2.32. The number of esters is 1. The molecule has 2 rings (SSSR count). The quantitative estimate of drug-likeness (QED) is 0.670. The summed E-state index contributed by atoms with van der Waals surface area (Å²) in [6.45, 7) is 0. The first-order valence-electron chi connectivity index (χ1n) is 5.12. The normalized spacial score (nSPS) is 14.6. The minimum absolute atomic E-state index is 0.0313. The van der Waals surface area contributed by atoms with Crippen LogP contribution in [0, 0.1) is 0 Å². The van der Waals surface area contributed by atoms with Gasteiger partial charge in [0.2, 0.25) is 5.91 Å². The van der Waals surface area contributed by atoms with E-state index in [4.69, 9.17) is 4.74 Å². The minimum Gasteiger partial charge on any atom is -0.465 e. The zero-order chi connectivity index (χ0) is 11.7. The Kier molecular flexibility index (Phi) is 2.64. The molecule has 0 aliphatic carbocycles. The van der Waals surface area contributed by atoms with E-state index in [0.29, 0.717) is 24.1 Å². The molecule has 0 unspecified atom stereocenters. The number of aryl methyl sites for hydroxylation is 1. The summed E-state index contributed by atoms with van der Waals surface area (Å²) in [7, 11) is 3.03. The number of carbonyl (C=O) groups is 2. The van der Waals surface area contributed by atoms with Gasteiger partial charge in [-0.15, -0.1) is 0 Å². The maximum absolute atomic E-state index is 11.6. The second kappa shape index (κ2) is 3.96. The molecule has 1 aliphatic heterocycles. The van der Waals surface area contributed by atoms with Crippen LogP contribution in [0.4, 0.5) is 5.69 Å². The Hall–Kier alpha value is -1.84. The van der Waals surface area contributed by atoms with Crippen LogP contribution in [-0.2, 0) is 16.0 Å². The molecule has 0 N–H and O–H groups in total. The average Bonchev–Trinajstić information content (AvgIpc) is 2.32. The van der Waals surface area contributed by atoms with Gasteiger partial charge in [-0.1, -0.05) is 12.1 Å². The summed E-state index contributed by atoms with van der Waals surface area (Å²) in [6, 6.07) is 5.43. The van der Waals surface area contributed by atoms with Crippen LogP contribution in [0.25, 0.3) is 0 Å². The van der Waals surface area contributed by atoms with E-state index in [2.05, 4.69) is 0 Å². The molecule has 0 saturated carbocycles. The topological polar surface area (TPSA) is 46.6 Å². The van der Waals surface area contributed by atoms with Gasteiger partial charge in [0, 0.05) is 13.5 Å². The van der Waals surface area contributed by atoms with E-state index >= 15 is 0 Å². The summed E-state index contributed by atoms with van der Waals surface area (Å²) >= 11 is 0. The number of hydrogen-bond acceptors (Lipinski definition) is 3. The van der Waals surface area contributed by atoms with Crippen molar-refractivity contribution in [1.29, 1.82) is 0 Å². The number of para-hydroxylation sites is 1. The predicted molar refractivity (Wildman–Crippen MR) is 59.5 cm³/mol. The number of anilines is 1. The molecule has 0 atom stereocenters.